The number of hydrogen-bond acceptors (Lipinski definition) is 3. The number of amides is 2. The van der Waals surface area contributed by atoms with Crippen molar-refractivity contribution >= 4 is 17.8 Å². The molecule has 0 radical (unpaired) electrons. The molecule has 3 N–H and O–H groups in total. The van der Waals surface area contributed by atoms with Crippen LogP contribution in [0.3, 0.4) is 0 Å². The molecule has 1 heterocycles. The molecule has 1 aromatic rings. The second kappa shape index (κ2) is 8.33. The first-order valence-corrected chi connectivity index (χ1v) is 8.18. The Morgan fingerprint density at radius 3 is 2.21 bits per heavy atom. The lowest BCUT2D eigenvalue weighted by molar-refractivity contribution is -0.130. The largest absolute Gasteiger partial charge is 0.366 e. The molecule has 1 aliphatic rings. The van der Waals surface area contributed by atoms with Crippen LogP contribution in [0.2, 0.25) is 0 Å². The third kappa shape index (κ3) is 4.71. The van der Waals surface area contributed by atoms with Crippen LogP contribution in [-0.2, 0) is 11.3 Å². The summed E-state index contributed by atoms with van der Waals surface area (Å²) in [4.78, 5) is 31.2. The van der Waals surface area contributed by atoms with Crippen molar-refractivity contribution in [2.45, 2.75) is 20.4 Å². The highest BCUT2D eigenvalue weighted by Gasteiger charge is 2.20. The Morgan fingerprint density at radius 1 is 1.12 bits per heavy atom. The molecule has 0 saturated carbocycles. The van der Waals surface area contributed by atoms with Crippen molar-refractivity contribution in [3.63, 3.8) is 0 Å². The van der Waals surface area contributed by atoms with Gasteiger partial charge in [0.2, 0.25) is 11.8 Å². The minimum Gasteiger partial charge on any atom is -0.366 e. The van der Waals surface area contributed by atoms with Crippen LogP contribution in [0.15, 0.2) is 29.3 Å². The number of nitrogens with one attached hydrogen (secondary N) is 1. The number of piperazine rings is 1. The molecular formula is C17H25N5O2. The smallest absolute Gasteiger partial charge is 0.248 e. The standard InChI is InChI=1S/C17H25N5O2/c1-3-19-17(22-10-8-21(9-11-22)13(2)23)20-12-14-4-6-15(7-5-14)16(18)24/h4-7H,3,8-12H2,1-2H3,(H2,18,24)(H,19,20). The average molecular weight is 331 g/mol. The van der Waals surface area contributed by atoms with Gasteiger partial charge in [-0.2, -0.15) is 0 Å². The number of guanidine groups is 1. The fraction of sp³-hybridized carbons (Fsp3) is 0.471. The maximum Gasteiger partial charge on any atom is 0.248 e. The van der Waals surface area contributed by atoms with Gasteiger partial charge in [0.15, 0.2) is 5.96 Å². The van der Waals surface area contributed by atoms with Crippen molar-refractivity contribution in [3.8, 4) is 0 Å². The van der Waals surface area contributed by atoms with Gasteiger partial charge < -0.3 is 20.9 Å². The van der Waals surface area contributed by atoms with Crippen molar-refractivity contribution in [3.05, 3.63) is 35.4 Å². The molecule has 130 valence electrons. The molecule has 1 aliphatic heterocycles. The van der Waals surface area contributed by atoms with Crippen molar-refractivity contribution in [1.82, 2.24) is 15.1 Å². The van der Waals surface area contributed by atoms with Gasteiger partial charge in [-0.25, -0.2) is 4.99 Å². The topological polar surface area (TPSA) is 91.0 Å². The summed E-state index contributed by atoms with van der Waals surface area (Å²) in [5, 5.41) is 3.29. The summed E-state index contributed by atoms with van der Waals surface area (Å²) < 4.78 is 0. The summed E-state index contributed by atoms with van der Waals surface area (Å²) in [6, 6.07) is 7.15. The molecule has 0 aromatic heterocycles. The van der Waals surface area contributed by atoms with Crippen LogP contribution in [0.1, 0.15) is 29.8 Å². The molecule has 0 atom stereocenters. The monoisotopic (exact) mass is 331 g/mol. The maximum absolute atomic E-state index is 11.4. The second-order valence-electron chi connectivity index (χ2n) is 5.72. The number of carbonyl (C=O) groups is 2. The molecule has 1 fully saturated rings. The van der Waals surface area contributed by atoms with E-state index in [2.05, 4.69) is 15.2 Å². The van der Waals surface area contributed by atoms with E-state index in [1.54, 1.807) is 19.1 Å². The zero-order valence-electron chi connectivity index (χ0n) is 14.3. The molecule has 7 nitrogen and oxygen atoms in total. The van der Waals surface area contributed by atoms with Gasteiger partial charge >= 0.3 is 0 Å². The highest BCUT2D eigenvalue weighted by Crippen LogP contribution is 2.07. The third-order valence-corrected chi connectivity index (χ3v) is 4.01. The molecule has 2 rings (SSSR count). The van der Waals surface area contributed by atoms with Gasteiger partial charge in [0, 0.05) is 45.2 Å². The van der Waals surface area contributed by atoms with E-state index in [0.29, 0.717) is 25.2 Å². The van der Waals surface area contributed by atoms with E-state index in [9.17, 15) is 9.59 Å². The van der Waals surface area contributed by atoms with Crippen molar-refractivity contribution in [2.75, 3.05) is 32.7 Å². The van der Waals surface area contributed by atoms with Crippen molar-refractivity contribution in [2.24, 2.45) is 10.7 Å². The third-order valence-electron chi connectivity index (χ3n) is 4.01. The number of aliphatic imine (C=N–C) groups is 1. The number of primary amides is 1. The van der Waals surface area contributed by atoms with Gasteiger partial charge in [0.25, 0.3) is 0 Å². The highest BCUT2D eigenvalue weighted by atomic mass is 16.2. The van der Waals surface area contributed by atoms with E-state index >= 15 is 0 Å². The molecule has 0 bridgehead atoms. The molecule has 0 unspecified atom stereocenters. The Labute approximate surface area is 142 Å². The maximum atomic E-state index is 11.4. The minimum absolute atomic E-state index is 0.117. The molecule has 0 aliphatic carbocycles. The van der Waals surface area contributed by atoms with E-state index in [1.807, 2.05) is 24.0 Å². The predicted octanol–water partition coefficient (Wildman–Crippen LogP) is 0.415. The van der Waals surface area contributed by atoms with Crippen LogP contribution < -0.4 is 11.1 Å². The lowest BCUT2D eigenvalue weighted by Crippen LogP contribution is -2.53. The second-order valence-corrected chi connectivity index (χ2v) is 5.72. The van der Waals surface area contributed by atoms with Gasteiger partial charge in [0.1, 0.15) is 0 Å². The van der Waals surface area contributed by atoms with E-state index in [1.165, 1.54) is 0 Å². The Morgan fingerprint density at radius 2 is 1.71 bits per heavy atom. The Kier molecular flexibility index (Phi) is 6.17. The van der Waals surface area contributed by atoms with Gasteiger partial charge in [0.05, 0.1) is 6.54 Å². The first-order valence-electron chi connectivity index (χ1n) is 8.18. The van der Waals surface area contributed by atoms with E-state index < -0.39 is 5.91 Å². The zero-order chi connectivity index (χ0) is 17.5. The predicted molar refractivity (Wildman–Crippen MR) is 93.6 cm³/mol. The molecule has 7 heteroatoms. The Balaban J connectivity index is 2.00. The van der Waals surface area contributed by atoms with Crippen LogP contribution in [-0.4, -0.2) is 60.3 Å². The molecule has 24 heavy (non-hydrogen) atoms. The summed E-state index contributed by atoms with van der Waals surface area (Å²) in [5.41, 5.74) is 6.75. The van der Waals surface area contributed by atoms with Crippen LogP contribution in [0.25, 0.3) is 0 Å². The summed E-state index contributed by atoms with van der Waals surface area (Å²) in [6.07, 6.45) is 0. The van der Waals surface area contributed by atoms with Crippen LogP contribution in [0.5, 0.6) is 0 Å². The zero-order valence-corrected chi connectivity index (χ0v) is 14.3. The van der Waals surface area contributed by atoms with E-state index in [-0.39, 0.29) is 5.91 Å². The number of hydrogen-bond donors (Lipinski definition) is 2. The SMILES string of the molecule is CCNC(=NCc1ccc(C(N)=O)cc1)N1CCN(C(C)=O)CC1. The minimum atomic E-state index is -0.429. The van der Waals surface area contributed by atoms with Gasteiger partial charge in [-0.15, -0.1) is 0 Å². The lowest BCUT2D eigenvalue weighted by atomic mass is 10.1. The van der Waals surface area contributed by atoms with E-state index in [4.69, 9.17) is 5.73 Å². The normalized spacial score (nSPS) is 15.3. The fourth-order valence-electron chi connectivity index (χ4n) is 2.60. The number of rotatable bonds is 4. The Hall–Kier alpha value is -2.57. The summed E-state index contributed by atoms with van der Waals surface area (Å²) in [6.45, 7) is 7.91. The van der Waals surface area contributed by atoms with E-state index in [0.717, 1.165) is 31.2 Å². The average Bonchev–Trinajstić information content (AvgIpc) is 2.59. The fourth-order valence-corrected chi connectivity index (χ4v) is 2.60. The number of carbonyl (C=O) groups excluding carboxylic acids is 2. The molecule has 1 aromatic carbocycles. The van der Waals surface area contributed by atoms with Crippen molar-refractivity contribution < 1.29 is 9.59 Å². The number of nitrogens with two attached hydrogens (primary N) is 1. The van der Waals surface area contributed by atoms with Gasteiger partial charge in [-0.05, 0) is 24.6 Å². The molecule has 1 saturated heterocycles. The first kappa shape index (κ1) is 17.8. The molecular weight excluding hydrogens is 306 g/mol. The number of nitrogens with zero attached hydrogens (tertiary/aromatic N) is 3. The lowest BCUT2D eigenvalue weighted by Gasteiger charge is -2.36. The highest BCUT2D eigenvalue weighted by molar-refractivity contribution is 5.92. The summed E-state index contributed by atoms with van der Waals surface area (Å²) in [7, 11) is 0. The molecule has 0 spiro atoms. The number of benzene rings is 1. The van der Waals surface area contributed by atoms with Gasteiger partial charge in [-0.3, -0.25) is 9.59 Å². The summed E-state index contributed by atoms with van der Waals surface area (Å²) in [5.74, 6) is 0.535. The molecule has 2 amide bonds. The first-order chi connectivity index (χ1) is 11.5. The van der Waals surface area contributed by atoms with Crippen LogP contribution in [0, 0.1) is 0 Å². The van der Waals surface area contributed by atoms with Gasteiger partial charge in [-0.1, -0.05) is 12.1 Å². The van der Waals surface area contributed by atoms with Crippen LogP contribution >= 0.6 is 0 Å². The van der Waals surface area contributed by atoms with Crippen LogP contribution in [0.4, 0.5) is 0 Å². The quantitative estimate of drug-likeness (QED) is 0.618. The Bertz CT molecular complexity index is 604. The summed E-state index contributed by atoms with van der Waals surface area (Å²) >= 11 is 0. The van der Waals surface area contributed by atoms with Crippen molar-refractivity contribution in [1.29, 1.82) is 0 Å².